The van der Waals surface area contributed by atoms with Crippen LogP contribution in [-0.4, -0.2) is 50.8 Å². The van der Waals surface area contributed by atoms with E-state index >= 15 is 0 Å². The molecule has 1 aliphatic heterocycles. The molecule has 0 amide bonds. The lowest BCUT2D eigenvalue weighted by Gasteiger charge is -2.39. The van der Waals surface area contributed by atoms with E-state index < -0.39 is 5.82 Å². The zero-order chi connectivity index (χ0) is 14.5. The van der Waals surface area contributed by atoms with Gasteiger partial charge in [-0.3, -0.25) is 4.90 Å². The normalized spacial score (nSPS) is 17.8. The monoisotopic (exact) mass is 277 g/mol. The third-order valence-corrected chi connectivity index (χ3v) is 3.79. The lowest BCUT2D eigenvalue weighted by Crippen LogP contribution is -2.50. The molecule has 20 heavy (non-hydrogen) atoms. The highest BCUT2D eigenvalue weighted by Gasteiger charge is 2.23. The molecule has 0 aromatic heterocycles. The Kier molecular flexibility index (Phi) is 4.94. The molecule has 5 heteroatoms. The maximum absolute atomic E-state index is 13.6. The third kappa shape index (κ3) is 3.09. The summed E-state index contributed by atoms with van der Waals surface area (Å²) in [6, 6.07) is 7.15. The van der Waals surface area contributed by atoms with Crippen molar-refractivity contribution in [1.29, 1.82) is 5.26 Å². The number of methoxy groups -OCH3 is 1. The predicted octanol–water partition coefficient (Wildman–Crippen LogP) is 1.85. The summed E-state index contributed by atoms with van der Waals surface area (Å²) in [6.07, 6.45) is 0. The van der Waals surface area contributed by atoms with Crippen molar-refractivity contribution in [1.82, 2.24) is 4.90 Å². The Morgan fingerprint density at radius 3 is 2.65 bits per heavy atom. The first-order valence-electron chi connectivity index (χ1n) is 6.84. The Labute approximate surface area is 119 Å². The largest absolute Gasteiger partial charge is 0.383 e. The van der Waals surface area contributed by atoms with Crippen LogP contribution in [0.4, 0.5) is 10.1 Å². The first kappa shape index (κ1) is 14.8. The minimum absolute atomic E-state index is 0.144. The Morgan fingerprint density at radius 1 is 1.35 bits per heavy atom. The number of piperazine rings is 1. The summed E-state index contributed by atoms with van der Waals surface area (Å²) in [5.41, 5.74) is 0.845. The average Bonchev–Trinajstić information content (AvgIpc) is 2.47. The molecule has 0 radical (unpaired) electrons. The fourth-order valence-electron chi connectivity index (χ4n) is 2.64. The van der Waals surface area contributed by atoms with Crippen LogP contribution in [0, 0.1) is 17.1 Å². The van der Waals surface area contributed by atoms with E-state index in [0.717, 1.165) is 26.2 Å². The molecule has 1 saturated heterocycles. The molecular weight excluding hydrogens is 257 g/mol. The number of nitriles is 1. The molecule has 0 saturated carbocycles. The van der Waals surface area contributed by atoms with Crippen LogP contribution in [0.25, 0.3) is 0 Å². The second-order valence-electron chi connectivity index (χ2n) is 5.07. The summed E-state index contributed by atoms with van der Waals surface area (Å²) in [5, 5.41) is 9.10. The minimum atomic E-state index is -0.444. The molecule has 4 nitrogen and oxygen atoms in total. The van der Waals surface area contributed by atoms with Gasteiger partial charge < -0.3 is 9.64 Å². The van der Waals surface area contributed by atoms with Gasteiger partial charge in [0.25, 0.3) is 0 Å². The summed E-state index contributed by atoms with van der Waals surface area (Å²) in [4.78, 5) is 4.43. The van der Waals surface area contributed by atoms with Crippen LogP contribution in [0.5, 0.6) is 0 Å². The van der Waals surface area contributed by atoms with Crippen molar-refractivity contribution >= 4 is 5.69 Å². The fraction of sp³-hybridized carbons (Fsp3) is 0.533. The van der Waals surface area contributed by atoms with Gasteiger partial charge in [-0.05, 0) is 19.1 Å². The van der Waals surface area contributed by atoms with Gasteiger partial charge >= 0.3 is 0 Å². The van der Waals surface area contributed by atoms with Crippen molar-refractivity contribution in [3.63, 3.8) is 0 Å². The van der Waals surface area contributed by atoms with Crippen molar-refractivity contribution in [2.45, 2.75) is 13.0 Å². The number of hydrogen-bond acceptors (Lipinski definition) is 4. The molecule has 0 aliphatic carbocycles. The van der Waals surface area contributed by atoms with E-state index in [4.69, 9.17) is 10.00 Å². The maximum Gasteiger partial charge on any atom is 0.143 e. The summed E-state index contributed by atoms with van der Waals surface area (Å²) in [5.74, 6) is -0.444. The molecule has 1 aromatic rings. The number of nitrogens with zero attached hydrogens (tertiary/aromatic N) is 3. The van der Waals surface area contributed by atoms with E-state index in [1.165, 1.54) is 6.07 Å². The maximum atomic E-state index is 13.6. The molecule has 0 bridgehead atoms. The highest BCUT2D eigenvalue weighted by Crippen LogP contribution is 2.24. The fourth-order valence-corrected chi connectivity index (χ4v) is 2.64. The number of benzene rings is 1. The van der Waals surface area contributed by atoms with E-state index in [1.54, 1.807) is 13.2 Å². The van der Waals surface area contributed by atoms with Gasteiger partial charge in [-0.25, -0.2) is 4.39 Å². The van der Waals surface area contributed by atoms with Crippen LogP contribution in [-0.2, 0) is 4.74 Å². The van der Waals surface area contributed by atoms with Crippen molar-refractivity contribution < 1.29 is 9.13 Å². The van der Waals surface area contributed by atoms with Crippen LogP contribution in [0.15, 0.2) is 18.2 Å². The van der Waals surface area contributed by atoms with Gasteiger partial charge in [0.2, 0.25) is 0 Å². The van der Waals surface area contributed by atoms with Gasteiger partial charge in [-0.1, -0.05) is 6.07 Å². The molecule has 1 fully saturated rings. The van der Waals surface area contributed by atoms with E-state index in [1.807, 2.05) is 12.1 Å². The standard InChI is InChI=1S/C15H20FN3O/c1-12(11-20-2)18-6-8-19(9-7-18)15-5-3-4-14(16)13(15)10-17/h3-5,12H,6-9,11H2,1-2H3/t12-/m1/s1. The quantitative estimate of drug-likeness (QED) is 0.842. The average molecular weight is 277 g/mol. The van der Waals surface area contributed by atoms with Gasteiger partial charge in [0.15, 0.2) is 0 Å². The van der Waals surface area contributed by atoms with E-state index in [2.05, 4.69) is 16.7 Å². The summed E-state index contributed by atoms with van der Waals surface area (Å²) >= 11 is 0. The highest BCUT2D eigenvalue weighted by atomic mass is 19.1. The SMILES string of the molecule is COC[C@@H](C)N1CCN(c2cccc(F)c2C#N)CC1. The molecule has 0 N–H and O–H groups in total. The molecule has 1 aromatic carbocycles. The summed E-state index contributed by atoms with van der Waals surface area (Å²) < 4.78 is 18.8. The smallest absolute Gasteiger partial charge is 0.143 e. The Bertz CT molecular complexity index is 492. The van der Waals surface area contributed by atoms with Gasteiger partial charge in [-0.15, -0.1) is 0 Å². The lowest BCUT2D eigenvalue weighted by molar-refractivity contribution is 0.0953. The van der Waals surface area contributed by atoms with E-state index in [-0.39, 0.29) is 5.56 Å². The predicted molar refractivity (Wildman–Crippen MR) is 76.2 cm³/mol. The number of hydrogen-bond donors (Lipinski definition) is 0. The summed E-state index contributed by atoms with van der Waals surface area (Å²) in [6.45, 7) is 6.24. The Balaban J connectivity index is 2.05. The number of halogens is 1. The lowest BCUT2D eigenvalue weighted by atomic mass is 10.1. The zero-order valence-corrected chi connectivity index (χ0v) is 12.0. The first-order chi connectivity index (χ1) is 9.67. The number of anilines is 1. The zero-order valence-electron chi connectivity index (χ0n) is 12.0. The van der Waals surface area contributed by atoms with Crippen LogP contribution in [0.2, 0.25) is 0 Å². The van der Waals surface area contributed by atoms with Crippen LogP contribution in [0.3, 0.4) is 0 Å². The Morgan fingerprint density at radius 2 is 2.05 bits per heavy atom. The second-order valence-corrected chi connectivity index (χ2v) is 5.07. The molecule has 1 atom stereocenters. The first-order valence-corrected chi connectivity index (χ1v) is 6.84. The van der Waals surface area contributed by atoms with Crippen molar-refractivity contribution in [2.24, 2.45) is 0 Å². The topological polar surface area (TPSA) is 39.5 Å². The van der Waals surface area contributed by atoms with Crippen molar-refractivity contribution in [2.75, 3.05) is 44.8 Å². The highest BCUT2D eigenvalue weighted by molar-refractivity contribution is 5.60. The molecule has 108 valence electrons. The van der Waals surface area contributed by atoms with Gasteiger partial charge in [0.05, 0.1) is 12.3 Å². The minimum Gasteiger partial charge on any atom is -0.383 e. The second kappa shape index (κ2) is 6.69. The molecule has 1 aliphatic rings. The molecule has 2 rings (SSSR count). The Hall–Kier alpha value is -1.64. The molecule has 1 heterocycles. The molecule has 0 spiro atoms. The summed E-state index contributed by atoms with van der Waals surface area (Å²) in [7, 11) is 1.71. The van der Waals surface area contributed by atoms with E-state index in [0.29, 0.717) is 18.3 Å². The van der Waals surface area contributed by atoms with Crippen molar-refractivity contribution in [3.05, 3.63) is 29.6 Å². The van der Waals surface area contributed by atoms with Crippen LogP contribution >= 0.6 is 0 Å². The number of ether oxygens (including phenoxy) is 1. The van der Waals surface area contributed by atoms with E-state index in [9.17, 15) is 4.39 Å². The van der Waals surface area contributed by atoms with Crippen LogP contribution < -0.4 is 4.90 Å². The van der Waals surface area contributed by atoms with Crippen molar-refractivity contribution in [3.8, 4) is 6.07 Å². The van der Waals surface area contributed by atoms with Gasteiger partial charge in [0, 0.05) is 39.3 Å². The number of rotatable bonds is 4. The third-order valence-electron chi connectivity index (χ3n) is 3.79. The molecular formula is C15H20FN3O. The van der Waals surface area contributed by atoms with Gasteiger partial charge in [-0.2, -0.15) is 5.26 Å². The molecule has 0 unspecified atom stereocenters. The van der Waals surface area contributed by atoms with Gasteiger partial charge in [0.1, 0.15) is 17.4 Å². The van der Waals surface area contributed by atoms with Crippen LogP contribution in [0.1, 0.15) is 12.5 Å².